The first-order valence-corrected chi connectivity index (χ1v) is 7.47. The normalized spacial score (nSPS) is 15.0. The third kappa shape index (κ3) is 2.26. The van der Waals surface area contributed by atoms with Crippen molar-refractivity contribution in [1.29, 1.82) is 0 Å². The molecule has 6 nitrogen and oxygen atoms in total. The van der Waals surface area contributed by atoms with Gasteiger partial charge in [0.2, 0.25) is 0 Å². The van der Waals surface area contributed by atoms with Crippen LogP contribution in [0.25, 0.3) is 5.65 Å². The van der Waals surface area contributed by atoms with Crippen LogP contribution in [0.15, 0.2) is 16.9 Å². The highest BCUT2D eigenvalue weighted by Gasteiger charge is 2.22. The molecule has 2 aromatic heterocycles. The first-order chi connectivity index (χ1) is 9.70. The fourth-order valence-corrected chi connectivity index (χ4v) is 2.90. The number of esters is 1. The van der Waals surface area contributed by atoms with Crippen molar-refractivity contribution in [1.82, 2.24) is 14.6 Å². The molecule has 3 rings (SSSR count). The minimum atomic E-state index is -0.402. The second-order valence-corrected chi connectivity index (χ2v) is 5.39. The van der Waals surface area contributed by atoms with Gasteiger partial charge in [-0.15, -0.1) is 0 Å². The van der Waals surface area contributed by atoms with Crippen LogP contribution in [-0.4, -0.2) is 40.3 Å². The zero-order chi connectivity index (χ0) is 14.1. The Bertz CT molecular complexity index is 649. The average molecular weight is 339 g/mol. The van der Waals surface area contributed by atoms with Crippen LogP contribution in [0.4, 0.5) is 5.82 Å². The molecular weight excluding hydrogens is 324 g/mol. The molecule has 0 radical (unpaired) electrons. The number of hydrogen-bond donors (Lipinski definition) is 0. The quantitative estimate of drug-likeness (QED) is 0.803. The van der Waals surface area contributed by atoms with Crippen molar-refractivity contribution >= 4 is 33.4 Å². The van der Waals surface area contributed by atoms with Gasteiger partial charge in [0.05, 0.1) is 6.61 Å². The highest BCUT2D eigenvalue weighted by atomic mass is 79.9. The maximum atomic E-state index is 12.0. The number of halogens is 1. The van der Waals surface area contributed by atoms with Gasteiger partial charge in [0.25, 0.3) is 0 Å². The molecule has 0 N–H and O–H groups in total. The number of fused-ring (bicyclic) bond motifs is 1. The SMILES string of the molecule is CCOC(=O)c1c(Br)nn2ccc(N3CCCC3)nc12. The summed E-state index contributed by atoms with van der Waals surface area (Å²) in [4.78, 5) is 18.8. The Hall–Kier alpha value is -1.63. The number of ether oxygens (including phenoxy) is 1. The highest BCUT2D eigenvalue weighted by Crippen LogP contribution is 2.24. The van der Waals surface area contributed by atoms with Gasteiger partial charge in [-0.25, -0.2) is 14.3 Å². The number of carbonyl (C=O) groups excluding carboxylic acids is 1. The minimum Gasteiger partial charge on any atom is -0.462 e. The lowest BCUT2D eigenvalue weighted by atomic mass is 10.3. The number of aromatic nitrogens is 3. The van der Waals surface area contributed by atoms with Crippen LogP contribution < -0.4 is 4.90 Å². The molecule has 20 heavy (non-hydrogen) atoms. The Morgan fingerprint density at radius 3 is 2.90 bits per heavy atom. The standard InChI is InChI=1S/C13H15BrN4O2/c1-2-20-13(19)10-11(14)16-18-8-5-9(15-12(10)18)17-6-3-4-7-17/h5,8H,2-4,6-7H2,1H3. The Labute approximate surface area is 124 Å². The lowest BCUT2D eigenvalue weighted by Gasteiger charge is -2.15. The number of hydrogen-bond acceptors (Lipinski definition) is 5. The molecule has 0 atom stereocenters. The van der Waals surface area contributed by atoms with Crippen molar-refractivity contribution in [2.24, 2.45) is 0 Å². The third-order valence-corrected chi connectivity index (χ3v) is 3.89. The van der Waals surface area contributed by atoms with Gasteiger partial charge in [-0.05, 0) is 41.8 Å². The summed E-state index contributed by atoms with van der Waals surface area (Å²) >= 11 is 3.30. The summed E-state index contributed by atoms with van der Waals surface area (Å²) in [6, 6.07) is 1.92. The molecule has 1 aliphatic heterocycles. The lowest BCUT2D eigenvalue weighted by Crippen LogP contribution is -2.19. The van der Waals surface area contributed by atoms with Crippen LogP contribution in [0, 0.1) is 0 Å². The van der Waals surface area contributed by atoms with Crippen LogP contribution in [0.1, 0.15) is 30.1 Å². The van der Waals surface area contributed by atoms with Crippen molar-refractivity contribution in [3.05, 3.63) is 22.4 Å². The molecule has 0 saturated carbocycles. The lowest BCUT2D eigenvalue weighted by molar-refractivity contribution is 0.0527. The van der Waals surface area contributed by atoms with E-state index in [9.17, 15) is 4.79 Å². The van der Waals surface area contributed by atoms with Gasteiger partial charge >= 0.3 is 5.97 Å². The monoisotopic (exact) mass is 338 g/mol. The molecule has 1 fully saturated rings. The van der Waals surface area contributed by atoms with Crippen LogP contribution in [0.5, 0.6) is 0 Å². The maximum Gasteiger partial charge on any atom is 0.344 e. The van der Waals surface area contributed by atoms with Crippen LogP contribution >= 0.6 is 15.9 Å². The van der Waals surface area contributed by atoms with Gasteiger partial charge < -0.3 is 9.64 Å². The molecule has 0 unspecified atom stereocenters. The molecule has 0 aromatic carbocycles. The van der Waals surface area contributed by atoms with Crippen molar-refractivity contribution in [3.8, 4) is 0 Å². The van der Waals surface area contributed by atoms with Crippen LogP contribution in [0.3, 0.4) is 0 Å². The summed E-state index contributed by atoms with van der Waals surface area (Å²) in [5, 5.41) is 4.24. The third-order valence-electron chi connectivity index (χ3n) is 3.34. The molecule has 0 amide bonds. The molecule has 0 bridgehead atoms. The molecule has 106 valence electrons. The topological polar surface area (TPSA) is 59.7 Å². The average Bonchev–Trinajstić information content (AvgIpc) is 3.04. The van der Waals surface area contributed by atoms with E-state index in [-0.39, 0.29) is 0 Å². The summed E-state index contributed by atoms with van der Waals surface area (Å²) in [5.41, 5.74) is 0.910. The van der Waals surface area contributed by atoms with E-state index >= 15 is 0 Å². The molecule has 1 saturated heterocycles. The van der Waals surface area contributed by atoms with E-state index in [1.165, 1.54) is 12.8 Å². The van der Waals surface area contributed by atoms with Crippen molar-refractivity contribution in [2.75, 3.05) is 24.6 Å². The molecule has 2 aromatic rings. The van der Waals surface area contributed by atoms with Crippen molar-refractivity contribution in [2.45, 2.75) is 19.8 Å². The van der Waals surface area contributed by atoms with Gasteiger partial charge in [-0.1, -0.05) is 0 Å². The Kier molecular flexibility index (Phi) is 3.60. The second kappa shape index (κ2) is 5.40. The van der Waals surface area contributed by atoms with Gasteiger partial charge in [0, 0.05) is 19.3 Å². The molecule has 3 heterocycles. The van der Waals surface area contributed by atoms with E-state index in [2.05, 4.69) is 30.9 Å². The molecule has 0 aliphatic carbocycles. The second-order valence-electron chi connectivity index (χ2n) is 4.63. The molecule has 0 spiro atoms. The zero-order valence-electron chi connectivity index (χ0n) is 11.2. The number of anilines is 1. The van der Waals surface area contributed by atoms with Crippen molar-refractivity contribution < 1.29 is 9.53 Å². The smallest absolute Gasteiger partial charge is 0.344 e. The molecular formula is C13H15BrN4O2. The van der Waals surface area contributed by atoms with E-state index < -0.39 is 5.97 Å². The fourth-order valence-electron chi connectivity index (χ4n) is 2.39. The molecule has 7 heteroatoms. The summed E-state index contributed by atoms with van der Waals surface area (Å²) in [6.45, 7) is 4.12. The van der Waals surface area contributed by atoms with E-state index in [1.54, 1.807) is 11.4 Å². The van der Waals surface area contributed by atoms with Crippen LogP contribution in [-0.2, 0) is 4.74 Å². The number of nitrogens with zero attached hydrogens (tertiary/aromatic N) is 4. The first kappa shape index (κ1) is 13.4. The van der Waals surface area contributed by atoms with E-state index in [0.717, 1.165) is 18.9 Å². The van der Waals surface area contributed by atoms with Gasteiger partial charge in [-0.3, -0.25) is 0 Å². The van der Waals surface area contributed by atoms with E-state index in [0.29, 0.717) is 22.4 Å². The first-order valence-electron chi connectivity index (χ1n) is 6.67. The Morgan fingerprint density at radius 2 is 2.20 bits per heavy atom. The highest BCUT2D eigenvalue weighted by molar-refractivity contribution is 9.10. The minimum absolute atomic E-state index is 0.328. The molecule has 1 aliphatic rings. The Morgan fingerprint density at radius 1 is 1.45 bits per heavy atom. The summed E-state index contributed by atoms with van der Waals surface area (Å²) in [6.07, 6.45) is 4.19. The maximum absolute atomic E-state index is 12.0. The number of rotatable bonds is 3. The zero-order valence-corrected chi connectivity index (χ0v) is 12.8. The summed E-state index contributed by atoms with van der Waals surface area (Å²) in [5.74, 6) is 0.480. The number of carbonyl (C=O) groups is 1. The predicted octanol–water partition coefficient (Wildman–Crippen LogP) is 2.27. The van der Waals surface area contributed by atoms with Crippen molar-refractivity contribution in [3.63, 3.8) is 0 Å². The van der Waals surface area contributed by atoms with E-state index in [4.69, 9.17) is 4.74 Å². The summed E-state index contributed by atoms with van der Waals surface area (Å²) in [7, 11) is 0. The van der Waals surface area contributed by atoms with E-state index in [1.807, 2.05) is 12.3 Å². The van der Waals surface area contributed by atoms with Crippen LogP contribution in [0.2, 0.25) is 0 Å². The fraction of sp³-hybridized carbons (Fsp3) is 0.462. The summed E-state index contributed by atoms with van der Waals surface area (Å²) < 4.78 is 7.12. The predicted molar refractivity (Wildman–Crippen MR) is 78.1 cm³/mol. The Balaban J connectivity index is 2.06. The van der Waals surface area contributed by atoms with Gasteiger partial charge in [-0.2, -0.15) is 5.10 Å². The van der Waals surface area contributed by atoms with Gasteiger partial charge in [0.1, 0.15) is 16.0 Å². The largest absolute Gasteiger partial charge is 0.462 e. The van der Waals surface area contributed by atoms with Gasteiger partial charge in [0.15, 0.2) is 5.65 Å².